The lowest BCUT2D eigenvalue weighted by molar-refractivity contribution is 0.275. The smallest absolute Gasteiger partial charge is 0.170 e. The van der Waals surface area contributed by atoms with Crippen molar-refractivity contribution in [2.24, 2.45) is 0 Å². The molecule has 2 atom stereocenters. The highest BCUT2D eigenvalue weighted by atomic mass is 35.5. The van der Waals surface area contributed by atoms with Gasteiger partial charge in [-0.1, -0.05) is 36.7 Å². The maximum Gasteiger partial charge on any atom is 0.170 e. The zero-order chi connectivity index (χ0) is 19.7. The van der Waals surface area contributed by atoms with E-state index in [2.05, 4.69) is 22.1 Å². The Morgan fingerprint density at radius 3 is 2.79 bits per heavy atom. The van der Waals surface area contributed by atoms with Crippen LogP contribution in [0.4, 0.5) is 0 Å². The molecule has 0 aliphatic carbocycles. The number of furan rings is 1. The predicted molar refractivity (Wildman–Crippen MR) is 116 cm³/mol. The van der Waals surface area contributed by atoms with Gasteiger partial charge in [-0.3, -0.25) is 4.98 Å². The van der Waals surface area contributed by atoms with E-state index >= 15 is 0 Å². The third-order valence-electron chi connectivity index (χ3n) is 5.04. The van der Waals surface area contributed by atoms with Crippen LogP contribution in [0, 0.1) is 6.92 Å². The van der Waals surface area contributed by atoms with Gasteiger partial charge in [-0.2, -0.15) is 0 Å². The van der Waals surface area contributed by atoms with Crippen molar-refractivity contribution < 1.29 is 4.42 Å². The molecule has 3 aromatic rings. The second-order valence-electron chi connectivity index (χ2n) is 6.99. The SMILES string of the molecule is CCCN1C(=S)N[C@@H](c2ccccn2)[C@H]1c1ccc(-c2ccc(C)c(Cl)c2)o1. The van der Waals surface area contributed by atoms with E-state index < -0.39 is 0 Å². The van der Waals surface area contributed by atoms with Crippen LogP contribution in [0.15, 0.2) is 59.1 Å². The van der Waals surface area contributed by atoms with Crippen LogP contribution < -0.4 is 5.32 Å². The predicted octanol–water partition coefficient (Wildman–Crippen LogP) is 5.69. The first-order chi connectivity index (χ1) is 13.6. The van der Waals surface area contributed by atoms with Gasteiger partial charge in [0, 0.05) is 23.3 Å². The Balaban J connectivity index is 1.72. The van der Waals surface area contributed by atoms with Gasteiger partial charge in [0.05, 0.1) is 11.7 Å². The van der Waals surface area contributed by atoms with Crippen LogP contribution in [-0.2, 0) is 0 Å². The van der Waals surface area contributed by atoms with Gasteiger partial charge in [-0.25, -0.2) is 0 Å². The van der Waals surface area contributed by atoms with E-state index in [1.54, 1.807) is 0 Å². The molecule has 6 heteroatoms. The summed E-state index contributed by atoms with van der Waals surface area (Å²) in [5, 5.41) is 4.90. The third kappa shape index (κ3) is 3.52. The quantitative estimate of drug-likeness (QED) is 0.546. The highest BCUT2D eigenvalue weighted by Crippen LogP contribution is 2.40. The van der Waals surface area contributed by atoms with Crippen LogP contribution in [0.5, 0.6) is 0 Å². The lowest BCUT2D eigenvalue weighted by atomic mass is 10.0. The number of nitrogens with one attached hydrogen (secondary N) is 1. The summed E-state index contributed by atoms with van der Waals surface area (Å²) in [6.07, 6.45) is 2.80. The third-order valence-corrected chi connectivity index (χ3v) is 5.80. The molecule has 0 radical (unpaired) electrons. The molecule has 1 fully saturated rings. The van der Waals surface area contributed by atoms with Crippen LogP contribution >= 0.6 is 23.8 Å². The first kappa shape index (κ1) is 19.0. The Kier molecular flexibility index (Phi) is 5.38. The van der Waals surface area contributed by atoms with Gasteiger partial charge in [0.2, 0.25) is 0 Å². The van der Waals surface area contributed by atoms with Crippen LogP contribution in [-0.4, -0.2) is 21.5 Å². The summed E-state index contributed by atoms with van der Waals surface area (Å²) < 4.78 is 6.30. The van der Waals surface area contributed by atoms with E-state index in [-0.39, 0.29) is 12.1 Å². The summed E-state index contributed by atoms with van der Waals surface area (Å²) >= 11 is 11.9. The molecule has 1 N–H and O–H groups in total. The molecule has 1 aliphatic heterocycles. The van der Waals surface area contributed by atoms with Crippen molar-refractivity contribution in [1.82, 2.24) is 15.2 Å². The Morgan fingerprint density at radius 2 is 2.07 bits per heavy atom. The minimum absolute atomic E-state index is 0.0444. The number of nitrogens with zero attached hydrogens (tertiary/aromatic N) is 2. The Labute approximate surface area is 175 Å². The lowest BCUT2D eigenvalue weighted by Crippen LogP contribution is -2.30. The van der Waals surface area contributed by atoms with E-state index in [1.165, 1.54) is 0 Å². The molecule has 144 valence electrons. The maximum atomic E-state index is 6.30. The maximum absolute atomic E-state index is 6.30. The highest BCUT2D eigenvalue weighted by molar-refractivity contribution is 7.80. The number of thiocarbonyl (C=S) groups is 1. The Morgan fingerprint density at radius 1 is 1.21 bits per heavy atom. The number of pyridine rings is 1. The number of hydrogen-bond acceptors (Lipinski definition) is 3. The molecule has 1 aromatic carbocycles. The highest BCUT2D eigenvalue weighted by Gasteiger charge is 2.41. The van der Waals surface area contributed by atoms with Crippen LogP contribution in [0.3, 0.4) is 0 Å². The van der Waals surface area contributed by atoms with Gasteiger partial charge in [-0.05, 0) is 61.5 Å². The van der Waals surface area contributed by atoms with Crippen molar-refractivity contribution in [1.29, 1.82) is 0 Å². The normalized spacial score (nSPS) is 19.1. The van der Waals surface area contributed by atoms with Crippen molar-refractivity contribution in [3.63, 3.8) is 0 Å². The Hall–Kier alpha value is -2.37. The van der Waals surface area contributed by atoms with Crippen molar-refractivity contribution in [2.75, 3.05) is 6.54 Å². The number of halogens is 1. The summed E-state index contributed by atoms with van der Waals surface area (Å²) in [6.45, 7) is 4.99. The fourth-order valence-electron chi connectivity index (χ4n) is 3.61. The number of aryl methyl sites for hydroxylation is 1. The van der Waals surface area contributed by atoms with Gasteiger partial charge in [-0.15, -0.1) is 0 Å². The van der Waals surface area contributed by atoms with Gasteiger partial charge in [0.1, 0.15) is 17.6 Å². The topological polar surface area (TPSA) is 41.3 Å². The zero-order valence-electron chi connectivity index (χ0n) is 15.9. The van der Waals surface area contributed by atoms with Gasteiger partial charge in [0.15, 0.2) is 5.11 Å². The van der Waals surface area contributed by atoms with E-state index in [4.69, 9.17) is 28.2 Å². The average Bonchev–Trinajstić information content (AvgIpc) is 3.30. The number of aromatic nitrogens is 1. The van der Waals surface area contributed by atoms with E-state index in [1.807, 2.05) is 61.7 Å². The fourth-order valence-corrected chi connectivity index (χ4v) is 4.12. The largest absolute Gasteiger partial charge is 0.459 e. The van der Waals surface area contributed by atoms with E-state index in [9.17, 15) is 0 Å². The summed E-state index contributed by atoms with van der Waals surface area (Å²) in [7, 11) is 0. The van der Waals surface area contributed by atoms with E-state index in [0.29, 0.717) is 0 Å². The number of rotatable bonds is 5. The molecule has 0 saturated carbocycles. The fraction of sp³-hybridized carbons (Fsp3) is 0.273. The molecule has 4 rings (SSSR count). The standard InChI is InChI=1S/C22H22ClN3OS/c1-3-12-26-21(20(25-22(26)28)17-6-4-5-11-24-17)19-10-9-18(27-19)15-8-7-14(2)16(23)13-15/h4-11,13,20-21H,3,12H2,1-2H3,(H,25,28)/t20-,21+/m0/s1. The minimum atomic E-state index is -0.0548. The molecule has 0 bridgehead atoms. The average molecular weight is 412 g/mol. The van der Waals surface area contributed by atoms with Crippen LogP contribution in [0.1, 0.15) is 42.4 Å². The molecular formula is C22H22ClN3OS. The summed E-state index contributed by atoms with van der Waals surface area (Å²) in [4.78, 5) is 6.74. The molecule has 0 spiro atoms. The number of benzene rings is 1. The summed E-state index contributed by atoms with van der Waals surface area (Å²) in [6, 6.07) is 15.8. The Bertz CT molecular complexity index is 988. The van der Waals surface area contributed by atoms with Gasteiger partial charge in [0.25, 0.3) is 0 Å². The summed E-state index contributed by atoms with van der Waals surface area (Å²) in [5.41, 5.74) is 2.96. The first-order valence-electron chi connectivity index (χ1n) is 9.43. The molecule has 0 unspecified atom stereocenters. The molecule has 4 nitrogen and oxygen atoms in total. The van der Waals surface area contributed by atoms with Crippen molar-refractivity contribution in [3.05, 3.63) is 76.8 Å². The van der Waals surface area contributed by atoms with Gasteiger partial charge >= 0.3 is 0 Å². The van der Waals surface area contributed by atoms with Crippen LogP contribution in [0.2, 0.25) is 5.02 Å². The minimum Gasteiger partial charge on any atom is -0.459 e. The molecule has 3 heterocycles. The second kappa shape index (κ2) is 7.94. The second-order valence-corrected chi connectivity index (χ2v) is 7.78. The van der Waals surface area contributed by atoms with Gasteiger partial charge < -0.3 is 14.6 Å². The number of hydrogen-bond donors (Lipinski definition) is 1. The zero-order valence-corrected chi connectivity index (χ0v) is 17.4. The lowest BCUT2D eigenvalue weighted by Gasteiger charge is -2.25. The molecule has 1 aliphatic rings. The van der Waals surface area contributed by atoms with Crippen molar-refractivity contribution >= 4 is 28.9 Å². The molecular weight excluding hydrogens is 390 g/mol. The van der Waals surface area contributed by atoms with Crippen molar-refractivity contribution in [3.8, 4) is 11.3 Å². The molecule has 1 saturated heterocycles. The first-order valence-corrected chi connectivity index (χ1v) is 10.2. The van der Waals surface area contributed by atoms with Crippen LogP contribution in [0.25, 0.3) is 11.3 Å². The molecule has 28 heavy (non-hydrogen) atoms. The summed E-state index contributed by atoms with van der Waals surface area (Å²) in [5.74, 6) is 1.66. The van der Waals surface area contributed by atoms with Crippen molar-refractivity contribution in [2.45, 2.75) is 32.4 Å². The van der Waals surface area contributed by atoms with E-state index in [0.717, 1.165) is 51.4 Å². The molecule has 2 aromatic heterocycles. The molecule has 0 amide bonds. The monoisotopic (exact) mass is 411 g/mol.